The van der Waals surface area contributed by atoms with Crippen LogP contribution < -0.4 is 10.2 Å². The van der Waals surface area contributed by atoms with Gasteiger partial charge in [-0.1, -0.05) is 6.07 Å². The molecule has 1 aliphatic heterocycles. The number of hydrogen-bond donors (Lipinski definition) is 1. The normalized spacial score (nSPS) is 15.1. The molecule has 7 heteroatoms. The lowest BCUT2D eigenvalue weighted by molar-refractivity contribution is -0.385. The molecule has 1 heterocycles. The number of nitrogens with zero attached hydrogens (tertiary/aromatic N) is 2. The Morgan fingerprint density at radius 3 is 3.00 bits per heavy atom. The van der Waals surface area contributed by atoms with Gasteiger partial charge in [-0.2, -0.15) is 0 Å². The fraction of sp³-hybridized carbons (Fsp3) is 0.533. The molecule has 1 aliphatic rings. The summed E-state index contributed by atoms with van der Waals surface area (Å²) < 4.78 is 4.99. The van der Waals surface area contributed by atoms with Crippen LogP contribution in [-0.4, -0.2) is 43.7 Å². The molecular formula is C15H21N3O4. The molecule has 0 radical (unpaired) electrons. The highest BCUT2D eigenvalue weighted by molar-refractivity contribution is 5.82. The number of carbonyl (C=O) groups is 1. The molecule has 0 spiro atoms. The summed E-state index contributed by atoms with van der Waals surface area (Å²) in [6.07, 6.45) is 1.48. The van der Waals surface area contributed by atoms with Crippen LogP contribution in [-0.2, 0) is 16.0 Å². The van der Waals surface area contributed by atoms with E-state index < -0.39 is 0 Å². The minimum absolute atomic E-state index is 0.0631. The highest BCUT2D eigenvalue weighted by Crippen LogP contribution is 2.33. The zero-order chi connectivity index (χ0) is 16.1. The van der Waals surface area contributed by atoms with Crippen molar-refractivity contribution in [1.29, 1.82) is 0 Å². The molecule has 2 rings (SSSR count). The number of amides is 1. The van der Waals surface area contributed by atoms with Gasteiger partial charge in [0, 0.05) is 31.5 Å². The summed E-state index contributed by atoms with van der Waals surface area (Å²) in [5.74, 6) is -0.107. The van der Waals surface area contributed by atoms with Crippen LogP contribution in [0.4, 0.5) is 11.4 Å². The van der Waals surface area contributed by atoms with E-state index in [0.717, 1.165) is 24.2 Å². The van der Waals surface area contributed by atoms with Gasteiger partial charge in [-0.3, -0.25) is 14.9 Å². The maximum absolute atomic E-state index is 12.1. The van der Waals surface area contributed by atoms with E-state index >= 15 is 0 Å². The van der Waals surface area contributed by atoms with Gasteiger partial charge in [0.1, 0.15) is 0 Å². The molecule has 0 fully saturated rings. The van der Waals surface area contributed by atoms with Crippen LogP contribution in [0.2, 0.25) is 0 Å². The first-order valence-corrected chi connectivity index (χ1v) is 7.32. The van der Waals surface area contributed by atoms with E-state index in [1.54, 1.807) is 13.2 Å². The maximum Gasteiger partial charge on any atom is 0.274 e. The standard InChI is InChI=1S/C15H21N3O4/c1-11(10-22-2)16-15(19)9-17-8-4-5-12-13(17)6-3-7-14(12)18(20)21/h3,6-7,11H,4-5,8-10H2,1-2H3,(H,16,19). The van der Waals surface area contributed by atoms with Crippen LogP contribution in [0.5, 0.6) is 0 Å². The van der Waals surface area contributed by atoms with Crippen LogP contribution >= 0.6 is 0 Å². The van der Waals surface area contributed by atoms with Gasteiger partial charge in [-0.15, -0.1) is 0 Å². The first-order valence-electron chi connectivity index (χ1n) is 7.32. The van der Waals surface area contributed by atoms with E-state index in [1.165, 1.54) is 6.07 Å². The number of hydrogen-bond acceptors (Lipinski definition) is 5. The summed E-state index contributed by atoms with van der Waals surface area (Å²) in [5.41, 5.74) is 1.64. The van der Waals surface area contributed by atoms with Gasteiger partial charge in [0.25, 0.3) is 5.69 Å². The number of methoxy groups -OCH3 is 1. The van der Waals surface area contributed by atoms with Crippen LogP contribution in [0.1, 0.15) is 18.9 Å². The Morgan fingerprint density at radius 2 is 2.32 bits per heavy atom. The van der Waals surface area contributed by atoms with Crippen molar-refractivity contribution in [3.05, 3.63) is 33.9 Å². The highest BCUT2D eigenvalue weighted by Gasteiger charge is 2.25. The third-order valence-electron chi connectivity index (χ3n) is 3.68. The smallest absolute Gasteiger partial charge is 0.274 e. The summed E-state index contributed by atoms with van der Waals surface area (Å²) in [7, 11) is 1.59. The Morgan fingerprint density at radius 1 is 1.55 bits per heavy atom. The average Bonchev–Trinajstić information content (AvgIpc) is 2.46. The lowest BCUT2D eigenvalue weighted by Gasteiger charge is -2.30. The van der Waals surface area contributed by atoms with Crippen molar-refractivity contribution in [2.45, 2.75) is 25.8 Å². The number of rotatable bonds is 6. The Labute approximate surface area is 129 Å². The second-order valence-corrected chi connectivity index (χ2v) is 5.48. The van der Waals surface area contributed by atoms with Crippen LogP contribution in [0.25, 0.3) is 0 Å². The third-order valence-corrected chi connectivity index (χ3v) is 3.68. The SMILES string of the molecule is COCC(C)NC(=O)CN1CCCc2c1cccc2[N+](=O)[O-]. The zero-order valence-corrected chi connectivity index (χ0v) is 12.9. The highest BCUT2D eigenvalue weighted by atomic mass is 16.6. The van der Waals surface area contributed by atoms with Crippen LogP contribution in [0.3, 0.4) is 0 Å². The Balaban J connectivity index is 2.11. The Bertz CT molecular complexity index is 562. The minimum Gasteiger partial charge on any atom is -0.383 e. The molecule has 1 amide bonds. The van der Waals surface area contributed by atoms with Crippen molar-refractivity contribution in [2.75, 3.05) is 31.7 Å². The van der Waals surface area contributed by atoms with E-state index in [-0.39, 0.29) is 29.1 Å². The van der Waals surface area contributed by atoms with E-state index in [9.17, 15) is 14.9 Å². The van der Waals surface area contributed by atoms with Crippen molar-refractivity contribution in [2.24, 2.45) is 0 Å². The lowest BCUT2D eigenvalue weighted by atomic mass is 10.00. The molecule has 1 atom stereocenters. The van der Waals surface area contributed by atoms with Crippen molar-refractivity contribution in [3.63, 3.8) is 0 Å². The molecular weight excluding hydrogens is 286 g/mol. The number of ether oxygens (including phenoxy) is 1. The molecule has 0 saturated carbocycles. The van der Waals surface area contributed by atoms with E-state index in [4.69, 9.17) is 4.74 Å². The Hall–Kier alpha value is -2.15. The van der Waals surface area contributed by atoms with Gasteiger partial charge >= 0.3 is 0 Å². The van der Waals surface area contributed by atoms with Gasteiger partial charge < -0.3 is 15.0 Å². The topological polar surface area (TPSA) is 84.7 Å². The number of nitro groups is 1. The zero-order valence-electron chi connectivity index (χ0n) is 12.9. The molecule has 120 valence electrons. The second kappa shape index (κ2) is 7.22. The number of fused-ring (bicyclic) bond motifs is 1. The van der Waals surface area contributed by atoms with E-state index in [2.05, 4.69) is 5.32 Å². The van der Waals surface area contributed by atoms with E-state index in [0.29, 0.717) is 13.0 Å². The van der Waals surface area contributed by atoms with Gasteiger partial charge in [-0.25, -0.2) is 0 Å². The molecule has 1 aromatic rings. The summed E-state index contributed by atoms with van der Waals surface area (Å²) in [5, 5.41) is 14.0. The largest absolute Gasteiger partial charge is 0.383 e. The fourth-order valence-electron chi connectivity index (χ4n) is 2.80. The molecule has 0 bridgehead atoms. The molecule has 7 nitrogen and oxygen atoms in total. The minimum atomic E-state index is -0.358. The molecule has 0 saturated heterocycles. The number of nitrogens with one attached hydrogen (secondary N) is 1. The van der Waals surface area contributed by atoms with Crippen molar-refractivity contribution >= 4 is 17.3 Å². The van der Waals surface area contributed by atoms with Crippen molar-refractivity contribution < 1.29 is 14.5 Å². The molecule has 1 aromatic carbocycles. The summed E-state index contributed by atoms with van der Waals surface area (Å²) in [4.78, 5) is 24.7. The van der Waals surface area contributed by atoms with Crippen molar-refractivity contribution in [1.82, 2.24) is 5.32 Å². The maximum atomic E-state index is 12.1. The number of anilines is 1. The molecule has 1 unspecified atom stereocenters. The van der Waals surface area contributed by atoms with E-state index in [1.807, 2.05) is 17.9 Å². The molecule has 22 heavy (non-hydrogen) atoms. The lowest BCUT2D eigenvalue weighted by Crippen LogP contribution is -2.44. The third kappa shape index (κ3) is 3.73. The van der Waals surface area contributed by atoms with Gasteiger partial charge in [0.05, 0.1) is 23.6 Å². The summed E-state index contributed by atoms with van der Waals surface area (Å²) in [6.45, 7) is 3.24. The summed E-state index contributed by atoms with van der Waals surface area (Å²) in [6, 6.07) is 4.96. The van der Waals surface area contributed by atoms with Gasteiger partial charge in [-0.05, 0) is 25.8 Å². The number of carbonyl (C=O) groups excluding carboxylic acids is 1. The van der Waals surface area contributed by atoms with Gasteiger partial charge in [0.15, 0.2) is 0 Å². The predicted octanol–water partition coefficient (Wildman–Crippen LogP) is 1.50. The van der Waals surface area contributed by atoms with Crippen LogP contribution in [0.15, 0.2) is 18.2 Å². The number of nitro benzene ring substituents is 1. The quantitative estimate of drug-likeness (QED) is 0.636. The van der Waals surface area contributed by atoms with Crippen molar-refractivity contribution in [3.8, 4) is 0 Å². The predicted molar refractivity (Wildman–Crippen MR) is 83.1 cm³/mol. The monoisotopic (exact) mass is 307 g/mol. The second-order valence-electron chi connectivity index (χ2n) is 5.48. The fourth-order valence-corrected chi connectivity index (χ4v) is 2.80. The molecule has 0 aliphatic carbocycles. The first-order chi connectivity index (χ1) is 10.5. The Kier molecular flexibility index (Phi) is 5.32. The van der Waals surface area contributed by atoms with Crippen LogP contribution in [0, 0.1) is 10.1 Å². The first kappa shape index (κ1) is 16.2. The molecule has 0 aromatic heterocycles. The summed E-state index contributed by atoms with van der Waals surface area (Å²) >= 11 is 0. The number of benzene rings is 1. The molecule has 1 N–H and O–H groups in total. The average molecular weight is 307 g/mol. The van der Waals surface area contributed by atoms with Gasteiger partial charge in [0.2, 0.25) is 5.91 Å².